The largest absolute Gasteiger partial charge is 0.340 e. The summed E-state index contributed by atoms with van der Waals surface area (Å²) in [6.07, 6.45) is 2.40. The Bertz CT molecular complexity index is 1070. The summed E-state index contributed by atoms with van der Waals surface area (Å²) in [5.41, 5.74) is -0.252. The van der Waals surface area contributed by atoms with Crippen LogP contribution in [0.15, 0.2) is 33.9 Å². The number of aromatic amines is 3. The Labute approximate surface area is 146 Å². The molecule has 26 heavy (non-hydrogen) atoms. The van der Waals surface area contributed by atoms with E-state index in [1.165, 1.54) is 12.1 Å². The van der Waals surface area contributed by atoms with Crippen LogP contribution in [0.25, 0.3) is 11.0 Å². The Kier molecular flexibility index (Phi) is 3.90. The van der Waals surface area contributed by atoms with Crippen LogP contribution in [0.5, 0.6) is 0 Å². The van der Waals surface area contributed by atoms with Crippen molar-refractivity contribution in [1.29, 1.82) is 0 Å². The van der Waals surface area contributed by atoms with E-state index >= 15 is 0 Å². The third-order valence-corrected chi connectivity index (χ3v) is 4.53. The van der Waals surface area contributed by atoms with Crippen LogP contribution < -0.4 is 11.2 Å². The number of rotatable bonds is 2. The highest BCUT2D eigenvalue weighted by Crippen LogP contribution is 2.31. The first kappa shape index (κ1) is 16.2. The fourth-order valence-electron chi connectivity index (χ4n) is 3.36. The molecule has 3 N–H and O–H groups in total. The highest BCUT2D eigenvalue weighted by Gasteiger charge is 2.31. The molecule has 1 aliphatic heterocycles. The van der Waals surface area contributed by atoms with Gasteiger partial charge >= 0.3 is 5.69 Å². The molecule has 2 aromatic heterocycles. The van der Waals surface area contributed by atoms with Crippen molar-refractivity contribution in [2.24, 2.45) is 0 Å². The molecule has 0 radical (unpaired) electrons. The maximum Gasteiger partial charge on any atom is 0.326 e. The van der Waals surface area contributed by atoms with Gasteiger partial charge in [-0.15, -0.1) is 0 Å². The zero-order chi connectivity index (χ0) is 18.3. The number of carbonyl (C=O) groups excluding carboxylic acids is 1. The summed E-state index contributed by atoms with van der Waals surface area (Å²) in [4.78, 5) is 49.4. The van der Waals surface area contributed by atoms with Crippen molar-refractivity contribution in [3.8, 4) is 0 Å². The van der Waals surface area contributed by atoms with Crippen molar-refractivity contribution in [1.82, 2.24) is 24.8 Å². The number of piperidine rings is 1. The standard InChI is InChI=1S/C17H16FN5O3/c18-9-4-5-10-11(7-9)20-15(19-10)13-3-1-2-6-23(13)16(25)12-8-14(24)22-17(26)21-12/h4-5,7-8,13H,1-3,6H2,(H,19,20)(H2,21,22,24,26)/t13-/m1/s1. The van der Waals surface area contributed by atoms with Gasteiger partial charge in [0, 0.05) is 12.6 Å². The third-order valence-electron chi connectivity index (χ3n) is 4.53. The molecule has 0 unspecified atom stereocenters. The highest BCUT2D eigenvalue weighted by atomic mass is 19.1. The van der Waals surface area contributed by atoms with Gasteiger partial charge < -0.3 is 14.9 Å². The van der Waals surface area contributed by atoms with E-state index in [1.54, 1.807) is 11.0 Å². The molecule has 8 nitrogen and oxygen atoms in total. The molecule has 4 rings (SSSR count). The first-order chi connectivity index (χ1) is 12.5. The predicted molar refractivity (Wildman–Crippen MR) is 91.4 cm³/mol. The van der Waals surface area contributed by atoms with Crippen LogP contribution in [0.1, 0.15) is 41.6 Å². The molecule has 1 fully saturated rings. The van der Waals surface area contributed by atoms with Gasteiger partial charge in [0.1, 0.15) is 17.3 Å². The fraction of sp³-hybridized carbons (Fsp3) is 0.294. The summed E-state index contributed by atoms with van der Waals surface area (Å²) in [5.74, 6) is -0.249. The van der Waals surface area contributed by atoms with Gasteiger partial charge in [0.05, 0.1) is 17.1 Å². The number of benzene rings is 1. The molecule has 9 heteroatoms. The summed E-state index contributed by atoms with van der Waals surface area (Å²) in [6.45, 7) is 0.476. The van der Waals surface area contributed by atoms with Crippen LogP contribution in [0.4, 0.5) is 4.39 Å². The van der Waals surface area contributed by atoms with E-state index in [9.17, 15) is 18.8 Å². The Hall–Kier alpha value is -3.23. The van der Waals surface area contributed by atoms with Gasteiger partial charge in [0.25, 0.3) is 11.5 Å². The lowest BCUT2D eigenvalue weighted by Gasteiger charge is -2.34. The summed E-state index contributed by atoms with van der Waals surface area (Å²) >= 11 is 0. The molecule has 3 aromatic rings. The SMILES string of the molecule is O=C(c1cc(=O)[nH]c(=O)[nH]1)N1CCCC[C@@H]1c1nc2ccc(F)cc2[nH]1. The minimum atomic E-state index is -0.728. The number of aromatic nitrogens is 4. The lowest BCUT2D eigenvalue weighted by atomic mass is 10.0. The first-order valence-corrected chi connectivity index (χ1v) is 8.31. The molecule has 0 spiro atoms. The molecular formula is C17H16FN5O3. The quantitative estimate of drug-likeness (QED) is 0.644. The number of likely N-dealkylation sites (tertiary alicyclic amines) is 1. The molecule has 134 valence electrons. The van der Waals surface area contributed by atoms with E-state index in [0.717, 1.165) is 18.9 Å². The van der Waals surface area contributed by atoms with Crippen molar-refractivity contribution >= 4 is 16.9 Å². The molecule has 1 atom stereocenters. The molecule has 1 saturated heterocycles. The lowest BCUT2D eigenvalue weighted by molar-refractivity contribution is 0.0594. The van der Waals surface area contributed by atoms with Crippen LogP contribution >= 0.6 is 0 Å². The fourth-order valence-corrected chi connectivity index (χ4v) is 3.36. The van der Waals surface area contributed by atoms with E-state index in [1.807, 2.05) is 4.98 Å². The second-order valence-electron chi connectivity index (χ2n) is 6.30. The molecular weight excluding hydrogens is 341 g/mol. The van der Waals surface area contributed by atoms with Crippen LogP contribution in [0, 0.1) is 5.82 Å². The molecule has 3 heterocycles. The number of amides is 1. The van der Waals surface area contributed by atoms with E-state index in [4.69, 9.17) is 0 Å². The molecule has 1 amide bonds. The average molecular weight is 357 g/mol. The number of nitrogens with zero attached hydrogens (tertiary/aromatic N) is 2. The predicted octanol–water partition coefficient (Wildman–Crippen LogP) is 1.45. The maximum absolute atomic E-state index is 13.4. The Balaban J connectivity index is 1.72. The summed E-state index contributed by atoms with van der Waals surface area (Å²) in [7, 11) is 0. The molecule has 0 aliphatic carbocycles. The third kappa shape index (κ3) is 2.92. The van der Waals surface area contributed by atoms with E-state index in [2.05, 4.69) is 15.0 Å². The summed E-state index contributed by atoms with van der Waals surface area (Å²) < 4.78 is 13.4. The van der Waals surface area contributed by atoms with Gasteiger partial charge in [-0.3, -0.25) is 14.6 Å². The number of nitrogens with one attached hydrogen (secondary N) is 3. The topological polar surface area (TPSA) is 115 Å². The number of carbonyl (C=O) groups is 1. The van der Waals surface area contributed by atoms with E-state index in [0.29, 0.717) is 29.8 Å². The lowest BCUT2D eigenvalue weighted by Crippen LogP contribution is -2.40. The molecule has 1 aromatic carbocycles. The maximum atomic E-state index is 13.4. The zero-order valence-corrected chi connectivity index (χ0v) is 13.7. The Morgan fingerprint density at radius 3 is 2.81 bits per heavy atom. The van der Waals surface area contributed by atoms with Crippen molar-refractivity contribution in [3.63, 3.8) is 0 Å². The first-order valence-electron chi connectivity index (χ1n) is 8.31. The molecule has 1 aliphatic rings. The minimum absolute atomic E-state index is 0.0622. The number of fused-ring (bicyclic) bond motifs is 1. The van der Waals surface area contributed by atoms with E-state index in [-0.39, 0.29) is 17.6 Å². The van der Waals surface area contributed by atoms with Gasteiger partial charge in [-0.2, -0.15) is 0 Å². The number of hydrogen-bond donors (Lipinski definition) is 3. The van der Waals surface area contributed by atoms with Gasteiger partial charge in [-0.25, -0.2) is 14.2 Å². The van der Waals surface area contributed by atoms with Gasteiger partial charge in [0.15, 0.2) is 0 Å². The summed E-state index contributed by atoms with van der Waals surface area (Å²) in [5, 5.41) is 0. The number of hydrogen-bond acceptors (Lipinski definition) is 4. The van der Waals surface area contributed by atoms with Crippen molar-refractivity contribution in [3.05, 3.63) is 62.4 Å². The normalized spacial score (nSPS) is 17.6. The second-order valence-corrected chi connectivity index (χ2v) is 6.30. The second kappa shape index (κ2) is 6.25. The number of halogens is 1. The Morgan fingerprint density at radius 2 is 2.00 bits per heavy atom. The van der Waals surface area contributed by atoms with Crippen LogP contribution in [0.3, 0.4) is 0 Å². The van der Waals surface area contributed by atoms with Crippen molar-refractivity contribution in [2.45, 2.75) is 25.3 Å². The van der Waals surface area contributed by atoms with Crippen molar-refractivity contribution in [2.75, 3.05) is 6.54 Å². The number of imidazole rings is 1. The monoisotopic (exact) mass is 357 g/mol. The van der Waals surface area contributed by atoms with Crippen molar-refractivity contribution < 1.29 is 9.18 Å². The Morgan fingerprint density at radius 1 is 1.15 bits per heavy atom. The molecule has 0 saturated carbocycles. The van der Waals surface area contributed by atoms with Crippen LogP contribution in [0.2, 0.25) is 0 Å². The average Bonchev–Trinajstić information content (AvgIpc) is 3.03. The molecule has 0 bridgehead atoms. The summed E-state index contributed by atoms with van der Waals surface area (Å²) in [6, 6.07) is 5.00. The van der Waals surface area contributed by atoms with Gasteiger partial charge in [-0.1, -0.05) is 0 Å². The van der Waals surface area contributed by atoms with Gasteiger partial charge in [-0.05, 0) is 37.5 Å². The van der Waals surface area contributed by atoms with Crippen LogP contribution in [-0.4, -0.2) is 37.3 Å². The highest BCUT2D eigenvalue weighted by molar-refractivity contribution is 5.92. The van der Waals surface area contributed by atoms with Crippen LogP contribution in [-0.2, 0) is 0 Å². The van der Waals surface area contributed by atoms with E-state index < -0.39 is 17.2 Å². The zero-order valence-electron chi connectivity index (χ0n) is 13.7. The van der Waals surface area contributed by atoms with Gasteiger partial charge in [0.2, 0.25) is 0 Å². The smallest absolute Gasteiger partial charge is 0.326 e. The number of H-pyrrole nitrogens is 3. The minimum Gasteiger partial charge on any atom is -0.340 e.